The third-order valence-corrected chi connectivity index (χ3v) is 3.56. The van der Waals surface area contributed by atoms with E-state index in [1.165, 1.54) is 24.3 Å². The zero-order valence-electron chi connectivity index (χ0n) is 10.6. The van der Waals surface area contributed by atoms with Crippen molar-refractivity contribution < 1.29 is 31.4 Å². The van der Waals surface area contributed by atoms with Crippen molar-refractivity contribution >= 4 is 28.1 Å². The maximum Gasteiger partial charge on any atom is 0.430 e. The zero-order valence-corrected chi connectivity index (χ0v) is 11.3. The van der Waals surface area contributed by atoms with Crippen molar-refractivity contribution in [3.8, 4) is 0 Å². The summed E-state index contributed by atoms with van der Waals surface area (Å²) in [5.74, 6) is 0. The van der Waals surface area contributed by atoms with E-state index in [0.29, 0.717) is 6.07 Å². The third-order valence-electron chi connectivity index (χ3n) is 3.25. The fourth-order valence-electron chi connectivity index (χ4n) is 2.12. The maximum atomic E-state index is 12.9. The number of nitrogen functional groups attached to an aromatic ring is 1. The second-order valence-electron chi connectivity index (χ2n) is 4.57. The molecule has 2 aromatic rings. The van der Waals surface area contributed by atoms with E-state index in [2.05, 4.69) is 0 Å². The van der Waals surface area contributed by atoms with Gasteiger partial charge in [-0.25, -0.2) is 0 Å². The molecule has 0 saturated carbocycles. The fourth-order valence-corrected chi connectivity index (χ4v) is 2.39. The number of benzene rings is 2. The highest BCUT2D eigenvalue weighted by Gasteiger charge is 2.72. The largest absolute Gasteiger partial charge is 0.430 e. The molecule has 2 rings (SSSR count). The molecule has 0 aliphatic heterocycles. The molecule has 3 N–H and O–H groups in total. The van der Waals surface area contributed by atoms with Gasteiger partial charge in [0.2, 0.25) is 0 Å². The van der Waals surface area contributed by atoms with Gasteiger partial charge >= 0.3 is 12.4 Å². The lowest BCUT2D eigenvalue weighted by molar-refractivity contribution is -0.375. The Balaban J connectivity index is 2.91. The minimum atomic E-state index is -6.02. The Kier molecular flexibility index (Phi) is 3.73. The first kappa shape index (κ1) is 16.7. The van der Waals surface area contributed by atoms with Crippen molar-refractivity contribution in [2.24, 2.45) is 0 Å². The Hall–Kier alpha value is -1.67. The first-order chi connectivity index (χ1) is 9.91. The Bertz CT molecular complexity index is 711. The lowest BCUT2D eigenvalue weighted by Crippen LogP contribution is -2.54. The molecule has 0 saturated heterocycles. The summed E-state index contributed by atoms with van der Waals surface area (Å²) in [6.07, 6.45) is -12.0. The first-order valence-electron chi connectivity index (χ1n) is 5.74. The summed E-state index contributed by atoms with van der Waals surface area (Å²) in [7, 11) is 0. The fraction of sp³-hybridized carbons (Fsp3) is 0.231. The molecule has 0 radical (unpaired) electrons. The number of nitrogens with two attached hydrogens (primary N) is 1. The highest BCUT2D eigenvalue weighted by Crippen LogP contribution is 2.53. The molecule has 0 aliphatic rings. The highest BCUT2D eigenvalue weighted by atomic mass is 35.5. The second kappa shape index (κ2) is 4.92. The number of anilines is 1. The Morgan fingerprint density at radius 3 is 1.82 bits per heavy atom. The quantitative estimate of drug-likeness (QED) is 0.596. The number of aliphatic hydroxyl groups is 1. The van der Waals surface area contributed by atoms with Crippen molar-refractivity contribution in [2.75, 3.05) is 5.73 Å². The van der Waals surface area contributed by atoms with Crippen LogP contribution in [-0.4, -0.2) is 17.5 Å². The van der Waals surface area contributed by atoms with Gasteiger partial charge in [0.05, 0.1) is 0 Å². The van der Waals surface area contributed by atoms with Gasteiger partial charge in [0.15, 0.2) is 0 Å². The van der Waals surface area contributed by atoms with Crippen molar-refractivity contribution in [3.05, 3.63) is 40.9 Å². The summed E-state index contributed by atoms with van der Waals surface area (Å²) in [4.78, 5) is 0. The molecule has 0 aromatic heterocycles. The normalized spacial score (nSPS) is 13.6. The van der Waals surface area contributed by atoms with Crippen molar-refractivity contribution in [1.82, 2.24) is 0 Å². The third kappa shape index (κ3) is 2.26. The van der Waals surface area contributed by atoms with Gasteiger partial charge in [-0.15, -0.1) is 0 Å². The zero-order chi connectivity index (χ0) is 16.9. The summed E-state index contributed by atoms with van der Waals surface area (Å²) in [5.41, 5.74) is -2.05. The van der Waals surface area contributed by atoms with Crippen LogP contribution in [0.1, 0.15) is 5.56 Å². The molecule has 2 aromatic carbocycles. The van der Waals surface area contributed by atoms with Crippen LogP contribution in [0.25, 0.3) is 10.8 Å². The standard InChI is InChI=1S/C13H8ClF6NO/c14-9-5-8(10(21)7-4-2-1-3-6(7)9)11(22,12(15,16)17)13(18,19)20/h1-5,22H,21H2. The van der Waals surface area contributed by atoms with Gasteiger partial charge in [0, 0.05) is 27.0 Å². The lowest BCUT2D eigenvalue weighted by Gasteiger charge is -2.33. The number of alkyl halides is 6. The van der Waals surface area contributed by atoms with Crippen LogP contribution < -0.4 is 5.73 Å². The van der Waals surface area contributed by atoms with Crippen LogP contribution in [0.5, 0.6) is 0 Å². The van der Waals surface area contributed by atoms with E-state index < -0.39 is 29.2 Å². The number of hydrogen-bond donors (Lipinski definition) is 2. The molecule has 22 heavy (non-hydrogen) atoms. The summed E-state index contributed by atoms with van der Waals surface area (Å²) in [6.45, 7) is 0. The van der Waals surface area contributed by atoms with E-state index >= 15 is 0 Å². The summed E-state index contributed by atoms with van der Waals surface area (Å²) < 4.78 is 77.6. The molecular weight excluding hydrogens is 336 g/mol. The van der Waals surface area contributed by atoms with E-state index in [4.69, 9.17) is 17.3 Å². The lowest BCUT2D eigenvalue weighted by atomic mass is 9.88. The average molecular weight is 344 g/mol. The Morgan fingerprint density at radius 2 is 1.36 bits per heavy atom. The topological polar surface area (TPSA) is 46.2 Å². The van der Waals surface area contributed by atoms with Crippen LogP contribution in [-0.2, 0) is 5.60 Å². The van der Waals surface area contributed by atoms with Gasteiger partial charge in [0.25, 0.3) is 5.60 Å². The summed E-state index contributed by atoms with van der Waals surface area (Å²) >= 11 is 5.74. The van der Waals surface area contributed by atoms with Crippen LogP contribution in [0.4, 0.5) is 32.0 Å². The van der Waals surface area contributed by atoms with E-state index in [1.54, 1.807) is 0 Å². The van der Waals surface area contributed by atoms with Crippen LogP contribution in [0.2, 0.25) is 5.02 Å². The number of rotatable bonds is 1. The van der Waals surface area contributed by atoms with Gasteiger partial charge < -0.3 is 10.8 Å². The van der Waals surface area contributed by atoms with E-state index in [9.17, 15) is 31.4 Å². The minimum Gasteiger partial charge on any atom is -0.398 e. The van der Waals surface area contributed by atoms with Crippen LogP contribution in [0.3, 0.4) is 0 Å². The monoisotopic (exact) mass is 343 g/mol. The van der Waals surface area contributed by atoms with Crippen LogP contribution >= 0.6 is 11.6 Å². The molecule has 0 aliphatic carbocycles. The van der Waals surface area contributed by atoms with Gasteiger partial charge in [-0.2, -0.15) is 26.3 Å². The second-order valence-corrected chi connectivity index (χ2v) is 4.98. The molecule has 120 valence electrons. The van der Waals surface area contributed by atoms with Crippen molar-refractivity contribution in [2.45, 2.75) is 18.0 Å². The van der Waals surface area contributed by atoms with E-state index in [1.807, 2.05) is 0 Å². The molecule has 0 amide bonds. The smallest absolute Gasteiger partial charge is 0.398 e. The summed E-state index contributed by atoms with van der Waals surface area (Å²) in [6, 6.07) is 5.86. The SMILES string of the molecule is Nc1c(C(O)(C(F)(F)F)C(F)(F)F)cc(Cl)c2ccccc12. The van der Waals surface area contributed by atoms with Gasteiger partial charge in [0.1, 0.15) is 0 Å². The highest BCUT2D eigenvalue weighted by molar-refractivity contribution is 6.36. The maximum absolute atomic E-state index is 12.9. The minimum absolute atomic E-state index is 0.114. The number of halogens is 7. The number of fused-ring (bicyclic) bond motifs is 1. The predicted molar refractivity (Wildman–Crippen MR) is 69.4 cm³/mol. The molecule has 0 atom stereocenters. The first-order valence-corrected chi connectivity index (χ1v) is 6.12. The van der Waals surface area contributed by atoms with Gasteiger partial charge in [-0.05, 0) is 6.07 Å². The molecule has 2 nitrogen and oxygen atoms in total. The summed E-state index contributed by atoms with van der Waals surface area (Å²) in [5, 5.41) is 9.11. The predicted octanol–water partition coefficient (Wildman–Crippen LogP) is 4.39. The van der Waals surface area contributed by atoms with Crippen molar-refractivity contribution in [1.29, 1.82) is 0 Å². The molecule has 0 fully saturated rings. The Labute approximate surface area is 125 Å². The van der Waals surface area contributed by atoms with Crippen LogP contribution in [0.15, 0.2) is 30.3 Å². The molecule has 0 heterocycles. The molecule has 0 unspecified atom stereocenters. The van der Waals surface area contributed by atoms with Crippen LogP contribution in [0, 0.1) is 0 Å². The average Bonchev–Trinajstić information content (AvgIpc) is 2.39. The van der Waals surface area contributed by atoms with E-state index in [0.717, 1.165) is 0 Å². The molecule has 0 bridgehead atoms. The number of hydrogen-bond acceptors (Lipinski definition) is 2. The molecule has 0 spiro atoms. The van der Waals surface area contributed by atoms with Gasteiger partial charge in [-0.3, -0.25) is 0 Å². The molecule has 9 heteroatoms. The van der Waals surface area contributed by atoms with Crippen molar-refractivity contribution in [3.63, 3.8) is 0 Å². The molecular formula is C13H8ClF6NO. The van der Waals surface area contributed by atoms with Gasteiger partial charge in [-0.1, -0.05) is 35.9 Å². The Morgan fingerprint density at radius 1 is 0.909 bits per heavy atom. The van der Waals surface area contributed by atoms with E-state index in [-0.39, 0.29) is 15.8 Å².